The quantitative estimate of drug-likeness (QED) is 0.241. The van der Waals surface area contributed by atoms with Crippen LogP contribution >= 0.6 is 15.9 Å². The number of imidazole rings is 1. The molecule has 6 aromatic rings. The second kappa shape index (κ2) is 11.9. The summed E-state index contributed by atoms with van der Waals surface area (Å²) in [5, 5.41) is 8.79. The van der Waals surface area contributed by atoms with Crippen molar-refractivity contribution in [2.24, 2.45) is 0 Å². The molecule has 0 saturated carbocycles. The molecule has 0 atom stereocenters. The number of carboxylic acids is 1. The number of aromatic carboxylic acids is 1. The molecule has 0 radical (unpaired) electrons. The van der Waals surface area contributed by atoms with Gasteiger partial charge in [-0.3, -0.25) is 0 Å². The number of nitrogens with zero attached hydrogens (tertiary/aromatic N) is 6. The predicted molar refractivity (Wildman–Crippen MR) is 145 cm³/mol. The number of ether oxygens (including phenoxy) is 2. The Morgan fingerprint density at radius 3 is 2.03 bits per heavy atom. The Bertz CT molecular complexity index is 1720. The van der Waals surface area contributed by atoms with Crippen molar-refractivity contribution >= 4 is 33.1 Å². The van der Waals surface area contributed by atoms with Crippen LogP contribution in [0.1, 0.15) is 10.4 Å². The van der Waals surface area contributed by atoms with E-state index in [0.717, 1.165) is 21.4 Å². The third-order valence-corrected chi connectivity index (χ3v) is 5.43. The van der Waals surface area contributed by atoms with Gasteiger partial charge in [-0.15, -0.1) is 0 Å². The van der Waals surface area contributed by atoms with E-state index in [0.29, 0.717) is 23.2 Å². The van der Waals surface area contributed by atoms with Crippen molar-refractivity contribution in [2.45, 2.75) is 0 Å². The highest BCUT2D eigenvalue weighted by Crippen LogP contribution is 2.26. The number of rotatable bonds is 6. The monoisotopic (exact) mass is 583 g/mol. The number of carbonyl (C=O) groups is 1. The fourth-order valence-corrected chi connectivity index (χ4v) is 3.63. The minimum absolute atomic E-state index is 0.161. The summed E-state index contributed by atoms with van der Waals surface area (Å²) in [6, 6.07) is 19.5. The first-order valence-corrected chi connectivity index (χ1v) is 12.2. The molecule has 12 heteroatoms. The van der Waals surface area contributed by atoms with Gasteiger partial charge < -0.3 is 19.6 Å². The highest BCUT2D eigenvalue weighted by atomic mass is 79.9. The van der Waals surface area contributed by atoms with E-state index in [4.69, 9.17) is 14.6 Å². The Hall–Kier alpha value is -5.23. The predicted octanol–water partition coefficient (Wildman–Crippen LogP) is 5.94. The highest BCUT2D eigenvalue weighted by molar-refractivity contribution is 9.10. The van der Waals surface area contributed by atoms with Crippen molar-refractivity contribution in [3.05, 3.63) is 108 Å². The third kappa shape index (κ3) is 6.76. The standard InChI is InChI=1S/C16H10BrN5O.C11H8N2O3/c17-11-8-13-15(20-9-11)22-14(21-13)10-3-1-4-12(7-10)23-16-18-5-2-6-19-16;14-10(15)8-3-1-4-9(7-8)16-11-12-5-2-6-13-11/h1-9H,(H,20,21,22);1-7H,(H,14,15). The fraction of sp³-hybridized carbons (Fsp3) is 0. The van der Waals surface area contributed by atoms with E-state index in [2.05, 4.69) is 50.8 Å². The van der Waals surface area contributed by atoms with E-state index < -0.39 is 5.97 Å². The van der Waals surface area contributed by atoms with E-state index >= 15 is 0 Å². The smallest absolute Gasteiger partial charge is 0.335 e. The van der Waals surface area contributed by atoms with Gasteiger partial charge in [0.2, 0.25) is 0 Å². The molecule has 0 aliphatic heterocycles. The van der Waals surface area contributed by atoms with Gasteiger partial charge in [0, 0.05) is 41.0 Å². The molecule has 0 saturated heterocycles. The normalized spacial score (nSPS) is 10.4. The lowest BCUT2D eigenvalue weighted by Gasteiger charge is -2.04. The van der Waals surface area contributed by atoms with Gasteiger partial charge in [-0.25, -0.2) is 34.7 Å². The number of hydrogen-bond acceptors (Lipinski definition) is 9. The highest BCUT2D eigenvalue weighted by Gasteiger charge is 2.09. The van der Waals surface area contributed by atoms with E-state index in [1.807, 2.05) is 30.3 Å². The lowest BCUT2D eigenvalue weighted by molar-refractivity contribution is 0.0696. The molecule has 0 amide bonds. The second-order valence-corrected chi connectivity index (χ2v) is 8.65. The molecule has 2 N–H and O–H groups in total. The minimum atomic E-state index is -1.00. The van der Waals surface area contributed by atoms with Gasteiger partial charge in [-0.1, -0.05) is 18.2 Å². The molecule has 0 spiro atoms. The van der Waals surface area contributed by atoms with Crippen LogP contribution in [0.2, 0.25) is 0 Å². The maximum Gasteiger partial charge on any atom is 0.335 e. The van der Waals surface area contributed by atoms with E-state index in [9.17, 15) is 4.79 Å². The van der Waals surface area contributed by atoms with Crippen molar-refractivity contribution in [1.29, 1.82) is 0 Å². The van der Waals surface area contributed by atoms with Crippen molar-refractivity contribution < 1.29 is 19.4 Å². The van der Waals surface area contributed by atoms with Gasteiger partial charge in [0.25, 0.3) is 0 Å². The van der Waals surface area contributed by atoms with Gasteiger partial charge in [-0.2, -0.15) is 0 Å². The fourth-order valence-electron chi connectivity index (χ4n) is 3.30. The first kappa shape index (κ1) is 25.4. The van der Waals surface area contributed by atoms with Gasteiger partial charge in [0.05, 0.1) is 11.1 Å². The molecule has 0 unspecified atom stereocenters. The molecular formula is C27H18BrN7O4. The maximum atomic E-state index is 10.7. The van der Waals surface area contributed by atoms with Crippen LogP contribution in [0, 0.1) is 0 Å². The van der Waals surface area contributed by atoms with Crippen LogP contribution in [0.4, 0.5) is 0 Å². The van der Waals surface area contributed by atoms with E-state index in [1.54, 1.807) is 55.2 Å². The van der Waals surface area contributed by atoms with Gasteiger partial charge in [0.1, 0.15) is 17.3 Å². The zero-order chi connectivity index (χ0) is 27.0. The van der Waals surface area contributed by atoms with Crippen LogP contribution in [0.5, 0.6) is 23.5 Å². The first-order chi connectivity index (χ1) is 19.0. The molecule has 39 heavy (non-hydrogen) atoms. The van der Waals surface area contributed by atoms with Crippen molar-refractivity contribution in [1.82, 2.24) is 34.9 Å². The Balaban J connectivity index is 0.000000169. The second-order valence-electron chi connectivity index (χ2n) is 7.74. The van der Waals surface area contributed by atoms with Crippen molar-refractivity contribution in [3.63, 3.8) is 0 Å². The topological polar surface area (TPSA) is 149 Å². The summed E-state index contributed by atoms with van der Waals surface area (Å²) in [5.41, 5.74) is 2.59. The SMILES string of the molecule is Brc1cnc2nc(-c3cccc(Oc4ncccn4)c3)[nH]c2c1.O=C(O)c1cccc(Oc2ncccn2)c1. The van der Waals surface area contributed by atoms with Gasteiger partial charge in [0.15, 0.2) is 5.65 Å². The maximum absolute atomic E-state index is 10.7. The molecular weight excluding hydrogens is 566 g/mol. The molecule has 4 heterocycles. The minimum Gasteiger partial charge on any atom is -0.478 e. The van der Waals surface area contributed by atoms with Crippen LogP contribution in [0.25, 0.3) is 22.6 Å². The number of H-pyrrole nitrogens is 1. The van der Waals surface area contributed by atoms with Gasteiger partial charge >= 0.3 is 18.0 Å². The van der Waals surface area contributed by atoms with Crippen LogP contribution in [0.15, 0.2) is 102 Å². The summed E-state index contributed by atoms with van der Waals surface area (Å²) in [5.74, 6) is 0.763. The number of nitrogens with one attached hydrogen (secondary N) is 1. The van der Waals surface area contributed by atoms with Crippen molar-refractivity contribution in [3.8, 4) is 34.9 Å². The molecule has 4 aromatic heterocycles. The van der Waals surface area contributed by atoms with Crippen LogP contribution in [0.3, 0.4) is 0 Å². The van der Waals surface area contributed by atoms with Crippen LogP contribution < -0.4 is 9.47 Å². The summed E-state index contributed by atoms with van der Waals surface area (Å²) in [6.07, 6.45) is 8.08. The Morgan fingerprint density at radius 1 is 0.769 bits per heavy atom. The van der Waals surface area contributed by atoms with E-state index in [1.165, 1.54) is 12.1 Å². The number of pyridine rings is 1. The zero-order valence-electron chi connectivity index (χ0n) is 20.0. The molecule has 11 nitrogen and oxygen atoms in total. The summed E-state index contributed by atoms with van der Waals surface area (Å²) in [4.78, 5) is 38.6. The molecule has 2 aromatic carbocycles. The lowest BCUT2D eigenvalue weighted by Crippen LogP contribution is -1.97. The molecule has 0 aliphatic rings. The number of aromatic amines is 1. The lowest BCUT2D eigenvalue weighted by atomic mass is 10.2. The average Bonchev–Trinajstić information content (AvgIpc) is 3.38. The number of carboxylic acid groups (broad SMARTS) is 1. The van der Waals surface area contributed by atoms with Crippen molar-refractivity contribution in [2.75, 3.05) is 0 Å². The third-order valence-electron chi connectivity index (χ3n) is 4.99. The first-order valence-electron chi connectivity index (χ1n) is 11.4. The Kier molecular flexibility index (Phi) is 7.74. The molecule has 6 rings (SSSR count). The molecule has 0 aliphatic carbocycles. The van der Waals surface area contributed by atoms with Crippen LogP contribution in [-0.2, 0) is 0 Å². The number of aromatic nitrogens is 7. The number of halogens is 1. The summed E-state index contributed by atoms with van der Waals surface area (Å²) < 4.78 is 11.8. The van der Waals surface area contributed by atoms with Crippen LogP contribution in [-0.4, -0.2) is 46.0 Å². The number of hydrogen-bond donors (Lipinski definition) is 2. The molecule has 192 valence electrons. The van der Waals surface area contributed by atoms with Gasteiger partial charge in [-0.05, 0) is 64.5 Å². The summed E-state index contributed by atoms with van der Waals surface area (Å²) >= 11 is 3.40. The summed E-state index contributed by atoms with van der Waals surface area (Å²) in [7, 11) is 0. The Morgan fingerprint density at radius 2 is 1.38 bits per heavy atom. The zero-order valence-corrected chi connectivity index (χ0v) is 21.6. The molecule has 0 bridgehead atoms. The summed E-state index contributed by atoms with van der Waals surface area (Å²) in [6.45, 7) is 0. The largest absolute Gasteiger partial charge is 0.478 e. The van der Waals surface area contributed by atoms with E-state index in [-0.39, 0.29) is 11.6 Å². The average molecular weight is 584 g/mol. The number of fused-ring (bicyclic) bond motifs is 1. The number of benzene rings is 2. The molecule has 0 fully saturated rings. The Labute approximate surface area is 229 Å².